The van der Waals surface area contributed by atoms with E-state index < -0.39 is 12.3 Å². The highest BCUT2D eigenvalue weighted by Crippen LogP contribution is 2.23. The maximum atomic E-state index is 12.3. The monoisotopic (exact) mass is 289 g/mol. The fourth-order valence-corrected chi connectivity index (χ4v) is 1.45. The van der Waals surface area contributed by atoms with Crippen LogP contribution in [0.15, 0.2) is 28.7 Å². The first-order valence-electron chi connectivity index (χ1n) is 4.89. The van der Waals surface area contributed by atoms with Gasteiger partial charge in [0.05, 0.1) is 1.37 Å². The van der Waals surface area contributed by atoms with Gasteiger partial charge >= 0.3 is 6.43 Å². The predicted octanol–water partition coefficient (Wildman–Crippen LogP) is 3.57. The Hall–Kier alpha value is -1.30. The summed E-state index contributed by atoms with van der Waals surface area (Å²) in [7, 11) is 0. The van der Waals surface area contributed by atoms with Gasteiger partial charge in [0.15, 0.2) is 0 Å². The molecular formula is C10H7BrF2N2O. The molecule has 0 unspecified atom stereocenters. The smallest absolute Gasteiger partial charge is 0.314 e. The highest BCUT2D eigenvalue weighted by atomic mass is 79.9. The van der Waals surface area contributed by atoms with Crippen LogP contribution in [0.1, 0.15) is 19.3 Å². The van der Waals surface area contributed by atoms with E-state index in [-0.39, 0.29) is 11.9 Å². The van der Waals surface area contributed by atoms with Gasteiger partial charge in [-0.15, -0.1) is 10.2 Å². The van der Waals surface area contributed by atoms with Crippen LogP contribution < -0.4 is 0 Å². The molecule has 0 aliphatic carbocycles. The molecule has 0 bridgehead atoms. The first-order chi connectivity index (χ1) is 8.11. The molecule has 0 N–H and O–H groups in total. The number of benzene rings is 1. The minimum absolute atomic E-state index is 0.0635. The first-order valence-corrected chi connectivity index (χ1v) is 5.51. The summed E-state index contributed by atoms with van der Waals surface area (Å²) in [5.41, 5.74) is 1.25. The van der Waals surface area contributed by atoms with Crippen LogP contribution in [-0.4, -0.2) is 10.2 Å². The maximum absolute atomic E-state index is 12.3. The Bertz CT molecular complexity index is 533. The lowest BCUT2D eigenvalue weighted by Crippen LogP contribution is -1.81. The van der Waals surface area contributed by atoms with Crippen molar-refractivity contribution in [1.29, 1.82) is 0 Å². The molecule has 16 heavy (non-hydrogen) atoms. The van der Waals surface area contributed by atoms with Crippen molar-refractivity contribution in [3.8, 4) is 11.5 Å². The summed E-state index contributed by atoms with van der Waals surface area (Å²) in [6.07, 6.45) is -2.80. The zero-order chi connectivity index (χ0) is 12.4. The molecule has 0 saturated carbocycles. The van der Waals surface area contributed by atoms with E-state index >= 15 is 0 Å². The molecule has 2 rings (SSSR count). The summed E-state index contributed by atoms with van der Waals surface area (Å²) in [5, 5.41) is 7.33. The van der Waals surface area contributed by atoms with Crippen molar-refractivity contribution >= 4 is 15.9 Å². The fraction of sp³-hybridized carbons (Fsp3) is 0.200. The highest BCUT2D eigenvalue weighted by molar-refractivity contribution is 9.08. The highest BCUT2D eigenvalue weighted by Gasteiger charge is 2.16. The second-order valence-electron chi connectivity index (χ2n) is 2.99. The van der Waals surface area contributed by atoms with Crippen LogP contribution in [0, 0.1) is 0 Å². The lowest BCUT2D eigenvalue weighted by molar-refractivity contribution is 0.116. The molecule has 84 valence electrons. The van der Waals surface area contributed by atoms with E-state index in [9.17, 15) is 8.78 Å². The summed E-state index contributed by atoms with van der Waals surface area (Å²) < 4.78 is 37.0. The number of nitrogens with zero attached hydrogens (tertiary/aromatic N) is 2. The van der Waals surface area contributed by atoms with Crippen molar-refractivity contribution in [3.05, 3.63) is 35.7 Å². The van der Waals surface area contributed by atoms with Gasteiger partial charge in [0, 0.05) is 10.9 Å². The molecule has 0 aliphatic heterocycles. The van der Waals surface area contributed by atoms with E-state index in [2.05, 4.69) is 26.1 Å². The lowest BCUT2D eigenvalue weighted by Gasteiger charge is -1.96. The van der Waals surface area contributed by atoms with Crippen LogP contribution in [0.2, 0.25) is 0 Å². The van der Waals surface area contributed by atoms with Crippen LogP contribution in [0.25, 0.3) is 11.5 Å². The summed E-state index contributed by atoms with van der Waals surface area (Å²) in [5.74, 6) is -0.796. The third-order valence-electron chi connectivity index (χ3n) is 1.89. The number of halogens is 3. The second kappa shape index (κ2) is 4.69. The Balaban J connectivity index is 2.38. The second-order valence-corrected chi connectivity index (χ2v) is 3.55. The quantitative estimate of drug-likeness (QED) is 0.811. The maximum Gasteiger partial charge on any atom is 0.314 e. The predicted molar refractivity (Wildman–Crippen MR) is 57.3 cm³/mol. The zero-order valence-corrected chi connectivity index (χ0v) is 9.54. The van der Waals surface area contributed by atoms with E-state index in [0.29, 0.717) is 10.9 Å². The van der Waals surface area contributed by atoms with Crippen LogP contribution >= 0.6 is 15.9 Å². The molecule has 1 aromatic heterocycles. The first kappa shape index (κ1) is 9.89. The Morgan fingerprint density at radius 3 is 2.75 bits per heavy atom. The molecule has 6 heteroatoms. The van der Waals surface area contributed by atoms with E-state index in [0.717, 1.165) is 5.56 Å². The van der Waals surface area contributed by atoms with Gasteiger partial charge in [-0.05, 0) is 17.7 Å². The molecule has 0 atom stereocenters. The SMILES string of the molecule is [2H]c1cc(CBr)ccc1-c1nnc(C(F)F)o1. The summed E-state index contributed by atoms with van der Waals surface area (Å²) in [4.78, 5) is 0. The summed E-state index contributed by atoms with van der Waals surface area (Å²) in [6.45, 7) is 0. The molecule has 0 radical (unpaired) electrons. The van der Waals surface area contributed by atoms with Gasteiger partial charge in [-0.2, -0.15) is 8.78 Å². The minimum atomic E-state index is -2.80. The molecule has 1 heterocycles. The normalized spacial score (nSPS) is 11.9. The van der Waals surface area contributed by atoms with Gasteiger partial charge in [0.1, 0.15) is 0 Å². The van der Waals surface area contributed by atoms with E-state index in [1.54, 1.807) is 18.2 Å². The molecule has 3 nitrogen and oxygen atoms in total. The molecule has 0 spiro atoms. The van der Waals surface area contributed by atoms with Crippen molar-refractivity contribution in [3.63, 3.8) is 0 Å². The largest absolute Gasteiger partial charge is 0.415 e. The molecule has 1 aromatic carbocycles. The fourth-order valence-electron chi connectivity index (χ4n) is 1.10. The van der Waals surface area contributed by atoms with Gasteiger partial charge in [-0.3, -0.25) is 0 Å². The number of aromatic nitrogens is 2. The van der Waals surface area contributed by atoms with Crippen molar-refractivity contribution in [2.75, 3.05) is 0 Å². The molecular weight excluding hydrogens is 282 g/mol. The molecule has 2 aromatic rings. The zero-order valence-electron chi connectivity index (χ0n) is 8.95. The minimum Gasteiger partial charge on any atom is -0.415 e. The van der Waals surface area contributed by atoms with E-state index in [1.165, 1.54) is 0 Å². The third-order valence-corrected chi connectivity index (χ3v) is 2.54. The number of hydrogen-bond acceptors (Lipinski definition) is 3. The molecule has 0 saturated heterocycles. The number of rotatable bonds is 3. The van der Waals surface area contributed by atoms with Gasteiger partial charge < -0.3 is 4.42 Å². The topological polar surface area (TPSA) is 38.9 Å². The Kier molecular flexibility index (Phi) is 2.90. The Morgan fingerprint density at radius 1 is 1.38 bits per heavy atom. The Morgan fingerprint density at radius 2 is 2.19 bits per heavy atom. The van der Waals surface area contributed by atoms with Crippen LogP contribution in [-0.2, 0) is 5.33 Å². The third kappa shape index (κ3) is 2.27. The van der Waals surface area contributed by atoms with E-state index in [4.69, 9.17) is 5.79 Å². The average Bonchev–Trinajstić information content (AvgIpc) is 2.78. The van der Waals surface area contributed by atoms with Gasteiger partial charge in [0.25, 0.3) is 5.89 Å². The molecule has 0 fully saturated rings. The van der Waals surface area contributed by atoms with Crippen molar-refractivity contribution in [2.45, 2.75) is 11.8 Å². The van der Waals surface area contributed by atoms with Crippen molar-refractivity contribution < 1.29 is 14.6 Å². The van der Waals surface area contributed by atoms with Crippen LogP contribution in [0.4, 0.5) is 8.78 Å². The van der Waals surface area contributed by atoms with Gasteiger partial charge in [-0.25, -0.2) is 0 Å². The number of alkyl halides is 3. The Labute approximate surface area is 100 Å². The summed E-state index contributed by atoms with van der Waals surface area (Å²) in [6, 6.07) is 5.12. The standard InChI is InChI=1S/C10H7BrF2N2O/c11-5-6-1-3-7(4-2-6)9-14-15-10(16-9)8(12)13/h1-4,8H,5H2/i3D. The number of hydrogen-bond donors (Lipinski definition) is 0. The van der Waals surface area contributed by atoms with Gasteiger partial charge in [-0.1, -0.05) is 28.1 Å². The average molecular weight is 290 g/mol. The van der Waals surface area contributed by atoms with Gasteiger partial charge in [0.2, 0.25) is 5.89 Å². The molecule has 0 aliphatic rings. The van der Waals surface area contributed by atoms with Crippen molar-refractivity contribution in [2.24, 2.45) is 0 Å². The van der Waals surface area contributed by atoms with Crippen molar-refractivity contribution in [1.82, 2.24) is 10.2 Å². The van der Waals surface area contributed by atoms with Crippen LogP contribution in [0.5, 0.6) is 0 Å². The van der Waals surface area contributed by atoms with E-state index in [1.807, 2.05) is 0 Å². The van der Waals surface area contributed by atoms with Crippen LogP contribution in [0.3, 0.4) is 0 Å². The molecule has 0 amide bonds. The lowest BCUT2D eigenvalue weighted by atomic mass is 10.1. The summed E-state index contributed by atoms with van der Waals surface area (Å²) >= 11 is 3.26.